The van der Waals surface area contributed by atoms with Gasteiger partial charge in [-0.25, -0.2) is 9.37 Å². The number of nitrogens with one attached hydrogen (secondary N) is 2. The van der Waals surface area contributed by atoms with Crippen molar-refractivity contribution in [3.63, 3.8) is 0 Å². The quantitative estimate of drug-likeness (QED) is 0.440. The molecule has 0 saturated carbocycles. The van der Waals surface area contributed by atoms with Crippen molar-refractivity contribution in [2.24, 2.45) is 0 Å². The zero-order valence-electron chi connectivity index (χ0n) is 19.9. The van der Waals surface area contributed by atoms with E-state index in [0.29, 0.717) is 23.2 Å². The molecule has 2 atom stereocenters. The summed E-state index contributed by atoms with van der Waals surface area (Å²) in [6.45, 7) is 5.67. The van der Waals surface area contributed by atoms with Gasteiger partial charge < -0.3 is 20.5 Å². The molecule has 0 aliphatic carbocycles. The van der Waals surface area contributed by atoms with Crippen LogP contribution in [-0.4, -0.2) is 77.6 Å². The lowest BCUT2D eigenvalue weighted by molar-refractivity contribution is 0.0500. The van der Waals surface area contributed by atoms with E-state index in [1.54, 1.807) is 18.2 Å². The minimum absolute atomic E-state index is 0.0636. The molecule has 0 bridgehead atoms. The molecule has 2 aliphatic rings. The lowest BCUT2D eigenvalue weighted by Crippen LogP contribution is -2.55. The summed E-state index contributed by atoms with van der Waals surface area (Å²) in [4.78, 5) is 11.1. The van der Waals surface area contributed by atoms with Crippen LogP contribution < -0.4 is 15.4 Å². The third kappa shape index (κ3) is 5.03. The van der Waals surface area contributed by atoms with E-state index in [1.165, 1.54) is 30.0 Å². The topological polar surface area (TPSA) is 126 Å². The molecule has 3 aromatic rings. The molecule has 2 aromatic heterocycles. The Hall–Kier alpha value is -3.38. The number of fused-ring (bicyclic) bond motifs is 1. The summed E-state index contributed by atoms with van der Waals surface area (Å²) in [5.41, 5.74) is 1.28. The number of tetrazole rings is 1. The van der Waals surface area contributed by atoms with E-state index < -0.39 is 5.82 Å². The fourth-order valence-corrected chi connectivity index (χ4v) is 5.29. The van der Waals surface area contributed by atoms with E-state index >= 15 is 0 Å². The van der Waals surface area contributed by atoms with E-state index in [1.807, 2.05) is 0 Å². The van der Waals surface area contributed by atoms with Crippen LogP contribution in [0.2, 0.25) is 0 Å². The van der Waals surface area contributed by atoms with Gasteiger partial charge in [0.2, 0.25) is 5.95 Å². The molecule has 0 unspecified atom stereocenters. The molecule has 2 saturated heterocycles. The predicted octanol–water partition coefficient (Wildman–Crippen LogP) is 2.52. The molecule has 11 nitrogen and oxygen atoms in total. The van der Waals surface area contributed by atoms with Crippen LogP contribution in [0.5, 0.6) is 5.75 Å². The first-order chi connectivity index (χ1) is 16.9. The molecule has 0 spiro atoms. The summed E-state index contributed by atoms with van der Waals surface area (Å²) >= 11 is 0. The number of rotatable bonds is 8. The maximum absolute atomic E-state index is 14.7. The van der Waals surface area contributed by atoms with Crippen molar-refractivity contribution in [2.75, 3.05) is 30.4 Å². The molecular formula is C23H30FN9O2. The van der Waals surface area contributed by atoms with Gasteiger partial charge in [-0.2, -0.15) is 9.67 Å². The Bertz CT molecular complexity index is 1160. The highest BCUT2D eigenvalue weighted by Crippen LogP contribution is 2.38. The number of benzene rings is 1. The molecule has 0 radical (unpaired) electrons. The number of ether oxygens (including phenoxy) is 1. The summed E-state index contributed by atoms with van der Waals surface area (Å²) in [5.74, 6) is 0.473. The van der Waals surface area contributed by atoms with Crippen molar-refractivity contribution in [2.45, 2.75) is 57.2 Å². The number of aliphatic hydroxyl groups excluding tert-OH is 1. The van der Waals surface area contributed by atoms with Gasteiger partial charge in [0.1, 0.15) is 24.4 Å². The van der Waals surface area contributed by atoms with Gasteiger partial charge in [-0.3, -0.25) is 4.90 Å². The van der Waals surface area contributed by atoms with Gasteiger partial charge >= 0.3 is 0 Å². The summed E-state index contributed by atoms with van der Waals surface area (Å²) < 4.78 is 21.7. The van der Waals surface area contributed by atoms with Crippen molar-refractivity contribution >= 4 is 17.5 Å². The van der Waals surface area contributed by atoms with Crippen LogP contribution in [0, 0.1) is 5.82 Å². The predicted molar refractivity (Wildman–Crippen MR) is 127 cm³/mol. The van der Waals surface area contributed by atoms with Crippen LogP contribution in [0.15, 0.2) is 30.7 Å². The molecule has 12 heteroatoms. The Kier molecular flexibility index (Phi) is 6.48. The summed E-state index contributed by atoms with van der Waals surface area (Å²) in [6, 6.07) is 5.93. The van der Waals surface area contributed by atoms with E-state index in [-0.39, 0.29) is 36.6 Å². The van der Waals surface area contributed by atoms with E-state index in [2.05, 4.69) is 54.9 Å². The number of aliphatic hydroxyl groups is 1. The number of hydrogen-bond donors (Lipinski definition) is 3. The lowest BCUT2D eigenvalue weighted by Gasteiger charge is -2.47. The van der Waals surface area contributed by atoms with Crippen LogP contribution >= 0.6 is 0 Å². The van der Waals surface area contributed by atoms with E-state index in [4.69, 9.17) is 9.84 Å². The normalized spacial score (nSPS) is 21.5. The number of aromatic nitrogens is 6. The standard InChI is InChI=1S/C23H30FN9O2/c1-23(2)12-16(10-17-4-3-7-32(17)23)27-21-18(24)13-25-22(29-21)28-15-5-6-20(35-9-8-34)19(11-15)33-14-26-30-31-33/h5-6,11,13-14,16-17,34H,3-4,7-10,12H2,1-2H3,(H2,25,27,28,29)/t16-,17-/m1/s1. The summed E-state index contributed by atoms with van der Waals surface area (Å²) in [5, 5.41) is 26.8. The number of hydrogen-bond acceptors (Lipinski definition) is 10. The van der Waals surface area contributed by atoms with E-state index in [0.717, 1.165) is 19.4 Å². The Balaban J connectivity index is 1.34. The molecule has 186 valence electrons. The lowest BCUT2D eigenvalue weighted by atomic mass is 9.84. The zero-order valence-corrected chi connectivity index (χ0v) is 19.9. The monoisotopic (exact) mass is 483 g/mol. The van der Waals surface area contributed by atoms with E-state index in [9.17, 15) is 4.39 Å². The molecular weight excluding hydrogens is 453 g/mol. The zero-order chi connectivity index (χ0) is 24.4. The van der Waals surface area contributed by atoms with Crippen LogP contribution in [0.25, 0.3) is 5.69 Å². The molecule has 2 aliphatic heterocycles. The second kappa shape index (κ2) is 9.70. The third-order valence-electron chi connectivity index (χ3n) is 6.70. The molecule has 3 N–H and O–H groups in total. The minimum Gasteiger partial charge on any atom is -0.489 e. The average Bonchev–Trinajstić information content (AvgIpc) is 3.53. The first kappa shape index (κ1) is 23.4. The largest absolute Gasteiger partial charge is 0.489 e. The number of nitrogens with zero attached hydrogens (tertiary/aromatic N) is 7. The number of halogens is 1. The fourth-order valence-electron chi connectivity index (χ4n) is 5.29. The molecule has 1 aromatic carbocycles. The van der Waals surface area contributed by atoms with Crippen LogP contribution in [-0.2, 0) is 0 Å². The Morgan fingerprint density at radius 2 is 2.20 bits per heavy atom. The fraction of sp³-hybridized carbons (Fsp3) is 0.522. The summed E-state index contributed by atoms with van der Waals surface area (Å²) in [6.07, 6.45) is 6.91. The van der Waals surface area contributed by atoms with Gasteiger partial charge in [0, 0.05) is 23.3 Å². The van der Waals surface area contributed by atoms with Crippen molar-refractivity contribution in [3.05, 3.63) is 36.5 Å². The maximum atomic E-state index is 14.7. The Morgan fingerprint density at radius 1 is 1.31 bits per heavy atom. The van der Waals surface area contributed by atoms with Crippen molar-refractivity contribution in [1.29, 1.82) is 0 Å². The maximum Gasteiger partial charge on any atom is 0.229 e. The third-order valence-corrected chi connectivity index (χ3v) is 6.70. The highest BCUT2D eigenvalue weighted by atomic mass is 19.1. The average molecular weight is 484 g/mol. The van der Waals surface area contributed by atoms with Gasteiger partial charge in [0.15, 0.2) is 11.6 Å². The van der Waals surface area contributed by atoms with Crippen molar-refractivity contribution < 1.29 is 14.2 Å². The Labute approximate surface area is 202 Å². The van der Waals surface area contributed by atoms with Crippen molar-refractivity contribution in [1.82, 2.24) is 35.1 Å². The molecule has 0 amide bonds. The van der Waals surface area contributed by atoms with Crippen LogP contribution in [0.1, 0.15) is 39.5 Å². The Morgan fingerprint density at radius 3 is 3.00 bits per heavy atom. The molecule has 5 rings (SSSR count). The number of piperidine rings is 1. The second-order valence-corrected chi connectivity index (χ2v) is 9.61. The van der Waals surface area contributed by atoms with Crippen LogP contribution in [0.4, 0.5) is 21.8 Å². The van der Waals surface area contributed by atoms with Gasteiger partial charge in [0.25, 0.3) is 0 Å². The number of anilines is 3. The smallest absolute Gasteiger partial charge is 0.229 e. The van der Waals surface area contributed by atoms with Gasteiger partial charge in [0.05, 0.1) is 12.8 Å². The second-order valence-electron chi connectivity index (χ2n) is 9.61. The first-order valence-electron chi connectivity index (χ1n) is 11.9. The van der Waals surface area contributed by atoms with Gasteiger partial charge in [-0.05, 0) is 74.7 Å². The SMILES string of the molecule is CC1(C)C[C@H](Nc2nc(Nc3ccc(OCCO)c(-n4cnnn4)c3)ncc2F)C[C@H]2CCCN21. The molecule has 4 heterocycles. The van der Waals surface area contributed by atoms with Crippen molar-refractivity contribution in [3.8, 4) is 11.4 Å². The summed E-state index contributed by atoms with van der Waals surface area (Å²) in [7, 11) is 0. The molecule has 2 fully saturated rings. The first-order valence-corrected chi connectivity index (χ1v) is 11.9. The highest BCUT2D eigenvalue weighted by molar-refractivity contribution is 5.62. The van der Waals surface area contributed by atoms with Gasteiger partial charge in [-0.1, -0.05) is 0 Å². The highest BCUT2D eigenvalue weighted by Gasteiger charge is 2.43. The minimum atomic E-state index is -0.482. The van der Waals surface area contributed by atoms with Crippen LogP contribution in [0.3, 0.4) is 0 Å². The molecule has 35 heavy (non-hydrogen) atoms. The van der Waals surface area contributed by atoms with Gasteiger partial charge in [-0.15, -0.1) is 5.10 Å².